The van der Waals surface area contributed by atoms with Gasteiger partial charge in [0.15, 0.2) is 0 Å². The molecular formula is C17H18ClF3N4. The summed E-state index contributed by atoms with van der Waals surface area (Å²) in [4.78, 5) is 12.5. The van der Waals surface area contributed by atoms with Gasteiger partial charge in [-0.1, -0.05) is 17.7 Å². The molecule has 1 aliphatic heterocycles. The SMILES string of the molecule is CC(c1ccccn1)N1CCN(c2ncc(C(F)(F)F)cc2Cl)CC1. The van der Waals surface area contributed by atoms with Crippen LogP contribution >= 0.6 is 11.6 Å². The summed E-state index contributed by atoms with van der Waals surface area (Å²) in [6, 6.07) is 6.95. The van der Waals surface area contributed by atoms with Gasteiger partial charge in [-0.3, -0.25) is 9.88 Å². The lowest BCUT2D eigenvalue weighted by Gasteiger charge is -2.38. The first-order valence-electron chi connectivity index (χ1n) is 7.99. The number of rotatable bonds is 3. The van der Waals surface area contributed by atoms with E-state index in [2.05, 4.69) is 21.8 Å². The molecule has 1 fully saturated rings. The Morgan fingerprint density at radius 1 is 1.12 bits per heavy atom. The fraction of sp³-hybridized carbons (Fsp3) is 0.412. The van der Waals surface area contributed by atoms with Gasteiger partial charge in [-0.05, 0) is 25.1 Å². The van der Waals surface area contributed by atoms with Crippen LogP contribution in [0, 0.1) is 0 Å². The van der Waals surface area contributed by atoms with Crippen molar-refractivity contribution in [1.29, 1.82) is 0 Å². The Bertz CT molecular complexity index is 716. The monoisotopic (exact) mass is 370 g/mol. The molecule has 4 nitrogen and oxygen atoms in total. The maximum Gasteiger partial charge on any atom is 0.417 e. The van der Waals surface area contributed by atoms with Gasteiger partial charge in [0.05, 0.1) is 16.3 Å². The minimum atomic E-state index is -4.44. The third-order valence-corrected chi connectivity index (χ3v) is 4.70. The Kier molecular flexibility index (Phi) is 5.15. The lowest BCUT2D eigenvalue weighted by atomic mass is 10.1. The van der Waals surface area contributed by atoms with Gasteiger partial charge in [0, 0.05) is 44.6 Å². The number of hydrogen-bond donors (Lipinski definition) is 0. The lowest BCUT2D eigenvalue weighted by Crippen LogP contribution is -2.47. The zero-order valence-corrected chi connectivity index (χ0v) is 14.4. The van der Waals surface area contributed by atoms with Crippen molar-refractivity contribution in [2.75, 3.05) is 31.1 Å². The molecule has 8 heteroatoms. The van der Waals surface area contributed by atoms with E-state index in [4.69, 9.17) is 11.6 Å². The van der Waals surface area contributed by atoms with Crippen LogP contribution in [-0.4, -0.2) is 41.0 Å². The van der Waals surface area contributed by atoms with E-state index >= 15 is 0 Å². The molecule has 0 spiro atoms. The molecule has 2 aromatic heterocycles. The largest absolute Gasteiger partial charge is 0.417 e. The summed E-state index contributed by atoms with van der Waals surface area (Å²) < 4.78 is 38.2. The zero-order valence-electron chi connectivity index (χ0n) is 13.7. The Balaban J connectivity index is 1.66. The van der Waals surface area contributed by atoms with Gasteiger partial charge in [0.2, 0.25) is 0 Å². The van der Waals surface area contributed by atoms with E-state index in [0.717, 1.165) is 31.0 Å². The summed E-state index contributed by atoms with van der Waals surface area (Å²) in [5.74, 6) is 0.403. The molecule has 134 valence electrons. The van der Waals surface area contributed by atoms with Gasteiger partial charge in [0.25, 0.3) is 0 Å². The number of alkyl halides is 3. The summed E-state index contributed by atoms with van der Waals surface area (Å²) in [6.45, 7) is 4.92. The number of nitrogens with zero attached hydrogens (tertiary/aromatic N) is 4. The molecule has 25 heavy (non-hydrogen) atoms. The van der Waals surface area contributed by atoms with Crippen LogP contribution < -0.4 is 4.90 Å². The smallest absolute Gasteiger partial charge is 0.353 e. The summed E-state index contributed by atoms with van der Waals surface area (Å²) in [5, 5.41) is 0.0287. The Morgan fingerprint density at radius 3 is 2.40 bits per heavy atom. The lowest BCUT2D eigenvalue weighted by molar-refractivity contribution is -0.137. The molecule has 1 unspecified atom stereocenters. The standard InChI is InChI=1S/C17H18ClF3N4/c1-12(15-4-2-3-5-22-15)24-6-8-25(9-7-24)16-14(18)10-13(11-23-16)17(19,20)21/h2-5,10-12H,6-9H2,1H3. The van der Waals surface area contributed by atoms with Crippen molar-refractivity contribution in [3.8, 4) is 0 Å². The van der Waals surface area contributed by atoms with Crippen LogP contribution in [0.3, 0.4) is 0 Å². The Morgan fingerprint density at radius 2 is 1.84 bits per heavy atom. The number of anilines is 1. The first kappa shape index (κ1) is 17.9. The number of pyridine rings is 2. The second-order valence-electron chi connectivity index (χ2n) is 5.98. The second-order valence-corrected chi connectivity index (χ2v) is 6.39. The third kappa shape index (κ3) is 4.04. The van der Waals surface area contributed by atoms with Crippen LogP contribution in [0.2, 0.25) is 5.02 Å². The molecule has 3 heterocycles. The average Bonchev–Trinajstić information content (AvgIpc) is 2.61. The van der Waals surface area contributed by atoms with Crippen molar-refractivity contribution in [3.63, 3.8) is 0 Å². The molecule has 0 aliphatic carbocycles. The van der Waals surface area contributed by atoms with Gasteiger partial charge in [-0.2, -0.15) is 13.2 Å². The predicted molar refractivity (Wildman–Crippen MR) is 90.7 cm³/mol. The summed E-state index contributed by atoms with van der Waals surface area (Å²) in [5.41, 5.74) is 0.172. The van der Waals surface area contributed by atoms with Crippen molar-refractivity contribution in [2.45, 2.75) is 19.1 Å². The molecule has 2 aromatic rings. The van der Waals surface area contributed by atoms with E-state index < -0.39 is 11.7 Å². The van der Waals surface area contributed by atoms with E-state index in [9.17, 15) is 13.2 Å². The molecule has 0 amide bonds. The molecule has 3 rings (SSSR count). The molecule has 1 aliphatic rings. The van der Waals surface area contributed by atoms with Crippen LogP contribution in [0.15, 0.2) is 36.7 Å². The van der Waals surface area contributed by atoms with Crippen LogP contribution in [0.4, 0.5) is 19.0 Å². The minimum Gasteiger partial charge on any atom is -0.353 e. The highest BCUT2D eigenvalue weighted by atomic mass is 35.5. The van der Waals surface area contributed by atoms with Crippen LogP contribution in [0.5, 0.6) is 0 Å². The quantitative estimate of drug-likeness (QED) is 0.816. The zero-order chi connectivity index (χ0) is 18.0. The van der Waals surface area contributed by atoms with Gasteiger partial charge < -0.3 is 4.90 Å². The number of piperazine rings is 1. The number of aromatic nitrogens is 2. The van der Waals surface area contributed by atoms with Crippen LogP contribution in [0.25, 0.3) is 0 Å². The average molecular weight is 371 g/mol. The van der Waals surface area contributed by atoms with Crippen LogP contribution in [-0.2, 0) is 6.18 Å². The molecular weight excluding hydrogens is 353 g/mol. The topological polar surface area (TPSA) is 32.3 Å². The fourth-order valence-electron chi connectivity index (χ4n) is 2.95. The van der Waals surface area contributed by atoms with Gasteiger partial charge in [0.1, 0.15) is 5.82 Å². The molecule has 0 N–H and O–H groups in total. The highest BCUT2D eigenvalue weighted by molar-refractivity contribution is 6.33. The highest BCUT2D eigenvalue weighted by Crippen LogP contribution is 2.34. The van der Waals surface area contributed by atoms with E-state index in [1.807, 2.05) is 23.1 Å². The van der Waals surface area contributed by atoms with E-state index in [1.165, 1.54) is 0 Å². The fourth-order valence-corrected chi connectivity index (χ4v) is 3.24. The molecule has 0 saturated carbocycles. The van der Waals surface area contributed by atoms with Gasteiger partial charge in [-0.25, -0.2) is 4.98 Å². The molecule has 1 saturated heterocycles. The molecule has 0 bridgehead atoms. The number of hydrogen-bond acceptors (Lipinski definition) is 4. The van der Waals surface area contributed by atoms with Crippen molar-refractivity contribution in [1.82, 2.24) is 14.9 Å². The van der Waals surface area contributed by atoms with Crippen molar-refractivity contribution < 1.29 is 13.2 Å². The van der Waals surface area contributed by atoms with Crippen molar-refractivity contribution >= 4 is 17.4 Å². The van der Waals surface area contributed by atoms with E-state index in [-0.39, 0.29) is 11.1 Å². The predicted octanol–water partition coefficient (Wildman–Crippen LogP) is 4.03. The third-order valence-electron chi connectivity index (χ3n) is 4.43. The summed E-state index contributed by atoms with van der Waals surface area (Å²) in [7, 11) is 0. The number of halogens is 4. The molecule has 0 radical (unpaired) electrons. The Labute approximate surface area is 149 Å². The van der Waals surface area contributed by atoms with Gasteiger partial charge >= 0.3 is 6.18 Å². The first-order valence-corrected chi connectivity index (χ1v) is 8.36. The molecule has 1 atom stereocenters. The van der Waals surface area contributed by atoms with Gasteiger partial charge in [-0.15, -0.1) is 0 Å². The summed E-state index contributed by atoms with van der Waals surface area (Å²) in [6.07, 6.45) is -1.83. The second kappa shape index (κ2) is 7.17. The highest BCUT2D eigenvalue weighted by Gasteiger charge is 2.32. The van der Waals surface area contributed by atoms with E-state index in [1.54, 1.807) is 6.20 Å². The maximum absolute atomic E-state index is 12.7. The van der Waals surface area contributed by atoms with Crippen molar-refractivity contribution in [2.24, 2.45) is 0 Å². The minimum absolute atomic E-state index is 0.0287. The molecule has 0 aromatic carbocycles. The normalized spacial score (nSPS) is 17.6. The maximum atomic E-state index is 12.7. The Hall–Kier alpha value is -1.86. The van der Waals surface area contributed by atoms with Crippen molar-refractivity contribution in [3.05, 3.63) is 52.9 Å². The summed E-state index contributed by atoms with van der Waals surface area (Å²) >= 11 is 6.04. The first-order chi connectivity index (χ1) is 11.9. The van der Waals surface area contributed by atoms with E-state index in [0.29, 0.717) is 18.9 Å². The van der Waals surface area contributed by atoms with Crippen LogP contribution in [0.1, 0.15) is 24.2 Å².